The number of likely N-dealkylation sites (tertiary alicyclic amines) is 1. The molecule has 106 valence electrons. The molecule has 1 saturated heterocycles. The first kappa shape index (κ1) is 15.0. The van der Waals surface area contributed by atoms with Crippen LogP contribution in [0.4, 0.5) is 0 Å². The number of hydrogen-bond acceptors (Lipinski definition) is 1. The minimum absolute atomic E-state index is 0. The van der Waals surface area contributed by atoms with Crippen LogP contribution in [-0.2, 0) is 0 Å². The van der Waals surface area contributed by atoms with E-state index in [9.17, 15) is 5.11 Å². The number of quaternary nitrogens is 1. The Hall–Kier alpha value is 0.650. The van der Waals surface area contributed by atoms with Crippen LogP contribution < -0.4 is 24.0 Å². The van der Waals surface area contributed by atoms with Crippen LogP contribution >= 0.6 is 0 Å². The van der Waals surface area contributed by atoms with Gasteiger partial charge in [0.2, 0.25) is 0 Å². The molecule has 1 aliphatic heterocycles. The number of hydrogen-bond donors (Lipinski definition) is 1. The molecule has 3 rings (SSSR count). The van der Waals surface area contributed by atoms with Gasteiger partial charge in [0.15, 0.2) is 0 Å². The summed E-state index contributed by atoms with van der Waals surface area (Å²) < 4.78 is 1.27. The maximum absolute atomic E-state index is 10.5. The molecule has 4 atom stereocenters. The van der Waals surface area contributed by atoms with Crippen LogP contribution in [0, 0.1) is 11.8 Å². The van der Waals surface area contributed by atoms with Crippen LogP contribution in [0.5, 0.6) is 0 Å². The van der Waals surface area contributed by atoms with Gasteiger partial charge >= 0.3 is 0 Å². The van der Waals surface area contributed by atoms with E-state index in [0.29, 0.717) is 11.8 Å². The Morgan fingerprint density at radius 3 is 2.33 bits per heavy atom. The van der Waals surface area contributed by atoms with Crippen LogP contribution in [-0.4, -0.2) is 41.9 Å². The minimum atomic E-state index is 0. The lowest BCUT2D eigenvalue weighted by Crippen LogP contribution is -3.00. The summed E-state index contributed by atoms with van der Waals surface area (Å²) in [4.78, 5) is 0. The first-order valence-corrected chi connectivity index (χ1v) is 7.73. The molecule has 3 heteroatoms. The number of aliphatic hydroxyl groups excluding tert-OH is 1. The van der Waals surface area contributed by atoms with Gasteiger partial charge in [-0.2, -0.15) is 0 Å². The summed E-state index contributed by atoms with van der Waals surface area (Å²) in [6, 6.07) is 0.766. The van der Waals surface area contributed by atoms with Gasteiger partial charge in [0, 0.05) is 12.3 Å². The van der Waals surface area contributed by atoms with E-state index in [-0.39, 0.29) is 30.1 Å². The normalized spacial score (nSPS) is 43.0. The summed E-state index contributed by atoms with van der Waals surface area (Å²) >= 11 is 0. The molecule has 4 unspecified atom stereocenters. The molecule has 0 spiro atoms. The van der Waals surface area contributed by atoms with E-state index in [0.717, 1.165) is 6.04 Å². The van der Waals surface area contributed by atoms with Crippen molar-refractivity contribution in [3.63, 3.8) is 0 Å². The summed E-state index contributed by atoms with van der Waals surface area (Å²) in [5.74, 6) is 1.26. The highest BCUT2D eigenvalue weighted by atomic mass is 127. The smallest absolute Gasteiger partial charge is 0.0941 e. The van der Waals surface area contributed by atoms with Crippen molar-refractivity contribution in [3.8, 4) is 0 Å². The molecule has 0 radical (unpaired) electrons. The van der Waals surface area contributed by atoms with E-state index in [1.54, 1.807) is 0 Å². The minimum Gasteiger partial charge on any atom is -1.00 e. The number of nitrogens with zero attached hydrogens (tertiary/aromatic N) is 1. The van der Waals surface area contributed by atoms with Crippen molar-refractivity contribution in [2.45, 2.75) is 63.5 Å². The Kier molecular flexibility index (Phi) is 4.98. The quantitative estimate of drug-likeness (QED) is 0.494. The van der Waals surface area contributed by atoms with Crippen molar-refractivity contribution in [2.75, 3.05) is 20.1 Å². The third-order valence-corrected chi connectivity index (χ3v) is 6.00. The van der Waals surface area contributed by atoms with Gasteiger partial charge in [0.05, 0.1) is 32.3 Å². The van der Waals surface area contributed by atoms with Crippen LogP contribution in [0.25, 0.3) is 0 Å². The number of rotatable bonds is 1. The monoisotopic (exact) mass is 365 g/mol. The van der Waals surface area contributed by atoms with Gasteiger partial charge in [-0.25, -0.2) is 0 Å². The summed E-state index contributed by atoms with van der Waals surface area (Å²) in [5, 5.41) is 10.5. The van der Waals surface area contributed by atoms with Crippen LogP contribution in [0.1, 0.15) is 51.4 Å². The standard InChI is InChI=1S/C15H28NO.HI/c1-16(10-3-2-4-11-16)14-9-8-12-6-5-7-13(14)15(12)17;/h12-15,17H,2-11H2,1H3;1H/q+1;/p-1. The number of aliphatic hydroxyl groups is 1. The zero-order valence-corrected chi connectivity index (χ0v) is 13.8. The van der Waals surface area contributed by atoms with Crippen LogP contribution in [0.3, 0.4) is 0 Å². The van der Waals surface area contributed by atoms with Crippen molar-refractivity contribution in [3.05, 3.63) is 0 Å². The molecule has 3 aliphatic rings. The van der Waals surface area contributed by atoms with Gasteiger partial charge < -0.3 is 33.6 Å². The van der Waals surface area contributed by atoms with Gasteiger partial charge in [-0.15, -0.1) is 0 Å². The molecule has 0 aromatic carbocycles. The molecule has 2 bridgehead atoms. The third-order valence-electron chi connectivity index (χ3n) is 6.00. The lowest BCUT2D eigenvalue weighted by atomic mass is 9.66. The Bertz CT molecular complexity index is 278. The van der Waals surface area contributed by atoms with Crippen LogP contribution in [0.2, 0.25) is 0 Å². The summed E-state index contributed by atoms with van der Waals surface area (Å²) in [6.07, 6.45) is 10.9. The first-order chi connectivity index (χ1) is 8.21. The van der Waals surface area contributed by atoms with E-state index in [4.69, 9.17) is 0 Å². The average molecular weight is 365 g/mol. The fourth-order valence-electron chi connectivity index (χ4n) is 4.98. The second-order valence-electron chi connectivity index (χ2n) is 6.98. The van der Waals surface area contributed by atoms with E-state index in [1.807, 2.05) is 0 Å². The predicted octanol–water partition coefficient (Wildman–Crippen LogP) is -0.439. The highest BCUT2D eigenvalue weighted by molar-refractivity contribution is 4.92. The Morgan fingerprint density at radius 1 is 0.889 bits per heavy atom. The molecule has 2 nitrogen and oxygen atoms in total. The zero-order valence-electron chi connectivity index (χ0n) is 11.7. The van der Waals surface area contributed by atoms with Crippen molar-refractivity contribution in [2.24, 2.45) is 11.8 Å². The van der Waals surface area contributed by atoms with E-state index < -0.39 is 0 Å². The average Bonchev–Trinajstić information content (AvgIpc) is 2.29. The maximum Gasteiger partial charge on any atom is 0.0941 e. The fraction of sp³-hybridized carbons (Fsp3) is 1.00. The van der Waals surface area contributed by atoms with Gasteiger partial charge in [0.25, 0.3) is 0 Å². The van der Waals surface area contributed by atoms with Gasteiger partial charge in [-0.3, -0.25) is 0 Å². The van der Waals surface area contributed by atoms with Crippen molar-refractivity contribution in [1.29, 1.82) is 0 Å². The second kappa shape index (κ2) is 5.96. The summed E-state index contributed by atoms with van der Waals surface area (Å²) in [5.41, 5.74) is 0. The van der Waals surface area contributed by atoms with Crippen molar-refractivity contribution < 1.29 is 33.6 Å². The SMILES string of the molecule is C[N+]1(C2CCC3CCCC2C3O)CCCCC1.[I-]. The lowest BCUT2D eigenvalue weighted by Gasteiger charge is -2.53. The zero-order chi connectivity index (χ0) is 11.9. The Balaban J connectivity index is 0.00000120. The second-order valence-corrected chi connectivity index (χ2v) is 6.98. The highest BCUT2D eigenvalue weighted by Gasteiger charge is 2.48. The number of fused-ring (bicyclic) bond motifs is 2. The lowest BCUT2D eigenvalue weighted by molar-refractivity contribution is -0.943. The van der Waals surface area contributed by atoms with Crippen LogP contribution in [0.15, 0.2) is 0 Å². The largest absolute Gasteiger partial charge is 1.00 e. The molecule has 2 aliphatic carbocycles. The molecule has 18 heavy (non-hydrogen) atoms. The van der Waals surface area contributed by atoms with Crippen molar-refractivity contribution in [1.82, 2.24) is 0 Å². The number of halogens is 1. The predicted molar refractivity (Wildman–Crippen MR) is 69.6 cm³/mol. The van der Waals surface area contributed by atoms with E-state index in [1.165, 1.54) is 68.9 Å². The topological polar surface area (TPSA) is 20.2 Å². The number of piperidine rings is 1. The molecule has 0 amide bonds. The molecule has 0 aromatic rings. The first-order valence-electron chi connectivity index (χ1n) is 7.73. The highest BCUT2D eigenvalue weighted by Crippen LogP contribution is 2.44. The van der Waals surface area contributed by atoms with E-state index >= 15 is 0 Å². The van der Waals surface area contributed by atoms with Gasteiger partial charge in [-0.05, 0) is 44.4 Å². The molecular formula is C15H28INO. The molecule has 2 saturated carbocycles. The maximum atomic E-state index is 10.5. The Labute approximate surface area is 129 Å². The summed E-state index contributed by atoms with van der Waals surface area (Å²) in [7, 11) is 2.46. The summed E-state index contributed by atoms with van der Waals surface area (Å²) in [6.45, 7) is 2.72. The van der Waals surface area contributed by atoms with Crippen molar-refractivity contribution >= 4 is 0 Å². The Morgan fingerprint density at radius 2 is 1.61 bits per heavy atom. The van der Waals surface area contributed by atoms with Gasteiger partial charge in [-0.1, -0.05) is 6.42 Å². The molecular weight excluding hydrogens is 337 g/mol. The van der Waals surface area contributed by atoms with E-state index in [2.05, 4.69) is 7.05 Å². The molecule has 3 fully saturated rings. The fourth-order valence-corrected chi connectivity index (χ4v) is 4.98. The third kappa shape index (κ3) is 2.59. The van der Waals surface area contributed by atoms with Gasteiger partial charge in [0.1, 0.15) is 0 Å². The molecule has 0 aromatic heterocycles. The molecule has 1 N–H and O–H groups in total. The molecule has 1 heterocycles.